The first-order chi connectivity index (χ1) is 2.27. The lowest BCUT2D eigenvalue weighted by Gasteiger charge is -1.83. The van der Waals surface area contributed by atoms with Crippen LogP contribution >= 0.6 is 75.3 Å². The van der Waals surface area contributed by atoms with Crippen LogP contribution in [0.5, 0.6) is 0 Å². The molecule has 0 fully saturated rings. The molecule has 0 N–H and O–H groups in total. The molecule has 0 aromatic rings. The second kappa shape index (κ2) is 4.69. The van der Waals surface area contributed by atoms with Crippen LogP contribution in [0.2, 0.25) is 0 Å². The van der Waals surface area contributed by atoms with Crippen molar-refractivity contribution in [3.63, 3.8) is 0 Å². The molecule has 0 saturated heterocycles. The fraction of sp³-hybridized carbons (Fsp3) is 1.00. The normalized spacial score (nSPS) is 9.60. The van der Waals surface area contributed by atoms with Gasteiger partial charge in [0.25, 0.3) is 0 Å². The van der Waals surface area contributed by atoms with Gasteiger partial charge in [0.15, 0.2) is 0 Å². The molecule has 0 radical (unpaired) electrons. The van der Waals surface area contributed by atoms with Crippen molar-refractivity contribution in [3.05, 3.63) is 0 Å². The van der Waals surface area contributed by atoms with Gasteiger partial charge in [0.2, 0.25) is 0 Å². The third-order valence-corrected chi connectivity index (χ3v) is 9.09. The monoisotopic (exact) mass is 426 g/mol. The molecule has 0 nitrogen and oxygen atoms in total. The molecule has 0 unspecified atom stereocenters. The summed E-state index contributed by atoms with van der Waals surface area (Å²) >= 11 is 6.98. The van der Waals surface area contributed by atoms with E-state index < -0.39 is 0 Å². The molecule has 0 atom stereocenters. The number of halogens is 3. The third kappa shape index (κ3) is 6.54. The van der Waals surface area contributed by atoms with Crippen LogP contribution in [-0.2, 0) is 0 Å². The van der Waals surface area contributed by atoms with Gasteiger partial charge in [0.05, 0.1) is 0 Å². The lowest BCUT2D eigenvalue weighted by atomic mass is 11.9. The molecule has 0 aliphatic carbocycles. The van der Waals surface area contributed by atoms with Crippen LogP contribution in [-0.4, -0.2) is 1.26 Å². The highest BCUT2D eigenvalue weighted by Gasteiger charge is 1.87. The zero-order chi connectivity index (χ0) is 4.28. The van der Waals surface area contributed by atoms with E-state index in [-0.39, 0.29) is 0 Å². The Bertz CT molecular complexity index is 20.9. The molecular weight excluding hydrogens is 425 g/mol. The first kappa shape index (κ1) is 7.54. The van der Waals surface area contributed by atoms with Gasteiger partial charge in [-0.15, -0.1) is 0 Å². The van der Waals surface area contributed by atoms with Crippen molar-refractivity contribution in [1.82, 2.24) is 0 Å². The summed E-state index contributed by atoms with van der Waals surface area (Å²) in [6.45, 7) is 0. The van der Waals surface area contributed by atoms with E-state index in [2.05, 4.69) is 66.4 Å². The molecule has 0 spiro atoms. The maximum Gasteiger partial charge on any atom is 0.117 e. The maximum absolute atomic E-state index is 2.35. The minimum Gasteiger partial charge on any atom is -0.0643 e. The van der Waals surface area contributed by atoms with E-state index in [9.17, 15) is 0 Å². The number of rotatable bonds is 1. The van der Waals surface area contributed by atoms with Crippen molar-refractivity contribution in [2.75, 3.05) is 0 Å². The number of hydrogen-bond acceptors (Lipinski definition) is 1. The van der Waals surface area contributed by atoms with Gasteiger partial charge < -0.3 is 0 Å². The predicted molar refractivity (Wildman–Crippen MR) is 53.4 cm³/mol. The average molecular weight is 426 g/mol. The summed E-state index contributed by atoms with van der Waals surface area (Å²) < 4.78 is 0.728. The lowest BCUT2D eigenvalue weighted by molar-refractivity contribution is 2.36. The quantitative estimate of drug-likeness (QED) is 0.459. The summed E-state index contributed by atoms with van der Waals surface area (Å²) in [7, 11) is 1.82. The summed E-state index contributed by atoms with van der Waals surface area (Å²) in [5.41, 5.74) is 0. The van der Waals surface area contributed by atoms with Crippen LogP contribution < -0.4 is 0 Å². The third-order valence-electron chi connectivity index (χ3n) is 0.0673. The van der Waals surface area contributed by atoms with Crippen LogP contribution in [0.25, 0.3) is 0 Å². The highest BCUT2D eigenvalue weighted by Crippen LogP contribution is 2.29. The molecule has 5 heavy (non-hydrogen) atoms. The largest absolute Gasteiger partial charge is 0.117 e. The Morgan fingerprint density at radius 2 is 1.60 bits per heavy atom. The highest BCUT2D eigenvalue weighted by atomic mass is 127. The van der Waals surface area contributed by atoms with E-state index in [4.69, 9.17) is 0 Å². The van der Waals surface area contributed by atoms with Gasteiger partial charge in [-0.2, -0.15) is 0 Å². The standard InChI is InChI=1S/CHI3S/c2-1(3)5-4/h1H. The minimum atomic E-state index is 0.728. The molecule has 0 rings (SSSR count). The number of alkyl halides is 2. The van der Waals surface area contributed by atoms with E-state index in [1.807, 2.05) is 8.93 Å². The van der Waals surface area contributed by atoms with Crippen molar-refractivity contribution in [1.29, 1.82) is 0 Å². The molecule has 4 heteroatoms. The minimum absolute atomic E-state index is 0.728. The summed E-state index contributed by atoms with van der Waals surface area (Å²) in [5.74, 6) is 0. The van der Waals surface area contributed by atoms with Crippen molar-refractivity contribution in [2.45, 2.75) is 1.26 Å². The molecule has 0 aliphatic rings. The van der Waals surface area contributed by atoms with Crippen LogP contribution in [0, 0.1) is 0 Å². The molecule has 0 bridgehead atoms. The lowest BCUT2D eigenvalue weighted by Crippen LogP contribution is -1.57. The topological polar surface area (TPSA) is 0 Å². The molecular formula is CHI3S. The van der Waals surface area contributed by atoms with Crippen molar-refractivity contribution < 1.29 is 0 Å². The van der Waals surface area contributed by atoms with Gasteiger partial charge in [-0.1, -0.05) is 54.1 Å². The second-order valence-corrected chi connectivity index (χ2v) is 9.09. The first-order valence-electron chi connectivity index (χ1n) is 0.826. The van der Waals surface area contributed by atoms with Crippen LogP contribution in [0.4, 0.5) is 0 Å². The Morgan fingerprint density at radius 3 is 1.60 bits per heavy atom. The average Bonchev–Trinajstić information content (AvgIpc) is 1.38. The van der Waals surface area contributed by atoms with Crippen molar-refractivity contribution >= 4 is 75.3 Å². The summed E-state index contributed by atoms with van der Waals surface area (Å²) in [5, 5.41) is 0. The molecule has 0 amide bonds. The molecule has 0 aromatic carbocycles. The zero-order valence-electron chi connectivity index (χ0n) is 2.12. The van der Waals surface area contributed by atoms with Crippen molar-refractivity contribution in [3.8, 4) is 0 Å². The molecule has 0 aromatic heterocycles. The Labute approximate surface area is 75.1 Å². The zero-order valence-corrected chi connectivity index (χ0v) is 9.41. The van der Waals surface area contributed by atoms with Gasteiger partial charge >= 0.3 is 0 Å². The molecule has 0 saturated carbocycles. The van der Waals surface area contributed by atoms with Crippen LogP contribution in [0.1, 0.15) is 0 Å². The SMILES string of the molecule is ISC(I)I. The Kier molecular flexibility index (Phi) is 7.08. The predicted octanol–water partition coefficient (Wildman–Crippen LogP) is 3.22. The molecule has 32 valence electrons. The van der Waals surface area contributed by atoms with E-state index in [0.717, 1.165) is 1.26 Å². The highest BCUT2D eigenvalue weighted by molar-refractivity contribution is 14.2. The van der Waals surface area contributed by atoms with E-state index >= 15 is 0 Å². The van der Waals surface area contributed by atoms with Gasteiger partial charge in [0.1, 0.15) is 1.26 Å². The van der Waals surface area contributed by atoms with Crippen molar-refractivity contribution in [2.24, 2.45) is 0 Å². The van der Waals surface area contributed by atoms with Gasteiger partial charge in [-0.05, 0) is 21.2 Å². The fourth-order valence-electron chi connectivity index (χ4n) is 0. The Morgan fingerprint density at radius 1 is 1.40 bits per heavy atom. The summed E-state index contributed by atoms with van der Waals surface area (Å²) in [6, 6.07) is 0. The first-order valence-corrected chi connectivity index (χ1v) is 6.74. The maximum atomic E-state index is 2.35. The second-order valence-electron chi connectivity index (χ2n) is 0.350. The Hall–Kier alpha value is 2.54. The van der Waals surface area contributed by atoms with E-state index in [1.54, 1.807) is 0 Å². The molecule has 0 heterocycles. The molecule has 0 aliphatic heterocycles. The van der Waals surface area contributed by atoms with Crippen LogP contribution in [0.15, 0.2) is 0 Å². The van der Waals surface area contributed by atoms with E-state index in [1.165, 1.54) is 0 Å². The van der Waals surface area contributed by atoms with Gasteiger partial charge in [-0.25, -0.2) is 0 Å². The number of hydrogen-bond donors (Lipinski definition) is 0. The van der Waals surface area contributed by atoms with Gasteiger partial charge in [-0.3, -0.25) is 0 Å². The van der Waals surface area contributed by atoms with Gasteiger partial charge in [0, 0.05) is 0 Å². The van der Waals surface area contributed by atoms with Crippen LogP contribution in [0.3, 0.4) is 0 Å². The fourth-order valence-corrected chi connectivity index (χ4v) is 0. The summed E-state index contributed by atoms with van der Waals surface area (Å²) in [4.78, 5) is 0. The Balaban J connectivity index is 2.54. The summed E-state index contributed by atoms with van der Waals surface area (Å²) in [6.07, 6.45) is 0. The smallest absolute Gasteiger partial charge is 0.0643 e. The van der Waals surface area contributed by atoms with E-state index in [0.29, 0.717) is 0 Å².